The molecule has 0 aromatic carbocycles. The van der Waals surface area contributed by atoms with Gasteiger partial charge in [-0.25, -0.2) is 0 Å². The lowest BCUT2D eigenvalue weighted by atomic mass is 9.91. The lowest BCUT2D eigenvalue weighted by molar-refractivity contribution is -0.151. The molecule has 0 bridgehead atoms. The minimum atomic E-state index is -0.467. The standard InChI is InChI=1S/C11H22N2O2/c1-8-6-15-9(2)5-13(8)10(14)11(3,4)7-12/h8-9H,5-7,12H2,1-4H3. The number of morpholine rings is 1. The molecule has 2 unspecified atom stereocenters. The van der Waals surface area contributed by atoms with Crippen molar-refractivity contribution in [3.05, 3.63) is 0 Å². The van der Waals surface area contributed by atoms with Crippen molar-refractivity contribution in [2.24, 2.45) is 11.1 Å². The molecule has 2 N–H and O–H groups in total. The fraction of sp³-hybridized carbons (Fsp3) is 0.909. The fourth-order valence-corrected chi connectivity index (χ4v) is 1.66. The molecule has 1 fully saturated rings. The maximum atomic E-state index is 12.2. The van der Waals surface area contributed by atoms with Gasteiger partial charge in [-0.3, -0.25) is 4.79 Å². The summed E-state index contributed by atoms with van der Waals surface area (Å²) in [7, 11) is 0. The molecule has 0 spiro atoms. The Morgan fingerprint density at radius 3 is 2.67 bits per heavy atom. The molecule has 1 heterocycles. The molecule has 1 aliphatic rings. The Labute approximate surface area is 91.8 Å². The third kappa shape index (κ3) is 2.69. The van der Waals surface area contributed by atoms with Crippen molar-refractivity contribution in [2.75, 3.05) is 19.7 Å². The molecular weight excluding hydrogens is 192 g/mol. The van der Waals surface area contributed by atoms with Gasteiger partial charge in [0.2, 0.25) is 5.91 Å². The third-order valence-corrected chi connectivity index (χ3v) is 2.96. The van der Waals surface area contributed by atoms with Crippen LogP contribution in [0.5, 0.6) is 0 Å². The molecule has 0 radical (unpaired) electrons. The normalized spacial score (nSPS) is 27.9. The van der Waals surface area contributed by atoms with E-state index in [1.165, 1.54) is 0 Å². The lowest BCUT2D eigenvalue weighted by Crippen LogP contribution is -2.55. The van der Waals surface area contributed by atoms with Crippen LogP contribution in [0.3, 0.4) is 0 Å². The molecular formula is C11H22N2O2. The number of hydrogen-bond acceptors (Lipinski definition) is 3. The summed E-state index contributed by atoms with van der Waals surface area (Å²) in [6.07, 6.45) is 0.124. The number of nitrogens with zero attached hydrogens (tertiary/aromatic N) is 1. The zero-order chi connectivity index (χ0) is 11.6. The fourth-order valence-electron chi connectivity index (χ4n) is 1.66. The van der Waals surface area contributed by atoms with E-state index in [1.54, 1.807) is 0 Å². The highest BCUT2D eigenvalue weighted by Crippen LogP contribution is 2.21. The Morgan fingerprint density at radius 1 is 1.53 bits per heavy atom. The first-order chi connectivity index (χ1) is 6.88. The number of rotatable bonds is 2. The Morgan fingerprint density at radius 2 is 2.13 bits per heavy atom. The van der Waals surface area contributed by atoms with Crippen LogP contribution in [0.25, 0.3) is 0 Å². The minimum Gasteiger partial charge on any atom is -0.375 e. The Bertz CT molecular complexity index is 241. The van der Waals surface area contributed by atoms with E-state index < -0.39 is 5.41 Å². The van der Waals surface area contributed by atoms with E-state index in [0.717, 1.165) is 0 Å². The summed E-state index contributed by atoms with van der Waals surface area (Å²) in [5.74, 6) is 0.132. The third-order valence-electron chi connectivity index (χ3n) is 2.96. The molecule has 0 aromatic rings. The van der Waals surface area contributed by atoms with Crippen molar-refractivity contribution >= 4 is 5.91 Å². The molecule has 0 saturated carbocycles. The summed E-state index contributed by atoms with van der Waals surface area (Å²) in [5, 5.41) is 0. The summed E-state index contributed by atoms with van der Waals surface area (Å²) >= 11 is 0. The molecule has 15 heavy (non-hydrogen) atoms. The highest BCUT2D eigenvalue weighted by Gasteiger charge is 2.35. The van der Waals surface area contributed by atoms with Gasteiger partial charge < -0.3 is 15.4 Å². The predicted octanol–water partition coefficient (Wildman–Crippen LogP) is 0.607. The van der Waals surface area contributed by atoms with Crippen molar-refractivity contribution in [3.8, 4) is 0 Å². The van der Waals surface area contributed by atoms with Crippen molar-refractivity contribution < 1.29 is 9.53 Å². The number of nitrogens with two attached hydrogens (primary N) is 1. The summed E-state index contributed by atoms with van der Waals surface area (Å²) in [5.41, 5.74) is 5.15. The van der Waals surface area contributed by atoms with E-state index >= 15 is 0 Å². The second-order valence-electron chi connectivity index (χ2n) is 5.04. The number of carbonyl (C=O) groups excluding carboxylic acids is 1. The van der Waals surface area contributed by atoms with Crippen LogP contribution in [0.4, 0.5) is 0 Å². The van der Waals surface area contributed by atoms with Gasteiger partial charge in [0.25, 0.3) is 0 Å². The molecule has 0 aliphatic carbocycles. The Kier molecular flexibility index (Phi) is 3.73. The molecule has 1 amide bonds. The first kappa shape index (κ1) is 12.5. The lowest BCUT2D eigenvalue weighted by Gasteiger charge is -2.40. The Balaban J connectivity index is 2.73. The number of hydrogen-bond donors (Lipinski definition) is 1. The predicted molar refractivity (Wildman–Crippen MR) is 59.4 cm³/mol. The summed E-state index contributed by atoms with van der Waals surface area (Å²) < 4.78 is 5.49. The Hall–Kier alpha value is -0.610. The van der Waals surface area contributed by atoms with Gasteiger partial charge in [-0.1, -0.05) is 0 Å². The zero-order valence-electron chi connectivity index (χ0n) is 10.1. The smallest absolute Gasteiger partial charge is 0.229 e. The molecule has 2 atom stereocenters. The van der Waals surface area contributed by atoms with E-state index in [0.29, 0.717) is 19.7 Å². The van der Waals surface area contributed by atoms with Crippen molar-refractivity contribution in [3.63, 3.8) is 0 Å². The van der Waals surface area contributed by atoms with E-state index in [2.05, 4.69) is 0 Å². The molecule has 4 nitrogen and oxygen atoms in total. The molecule has 0 aromatic heterocycles. The minimum absolute atomic E-state index is 0.124. The van der Waals surface area contributed by atoms with Gasteiger partial charge in [-0.2, -0.15) is 0 Å². The number of amides is 1. The van der Waals surface area contributed by atoms with E-state index in [4.69, 9.17) is 10.5 Å². The van der Waals surface area contributed by atoms with Crippen LogP contribution in [0, 0.1) is 5.41 Å². The van der Waals surface area contributed by atoms with Crippen molar-refractivity contribution in [1.29, 1.82) is 0 Å². The second kappa shape index (κ2) is 4.49. The second-order valence-corrected chi connectivity index (χ2v) is 5.04. The largest absolute Gasteiger partial charge is 0.375 e. The highest BCUT2D eigenvalue weighted by atomic mass is 16.5. The van der Waals surface area contributed by atoms with Crippen LogP contribution in [0.1, 0.15) is 27.7 Å². The van der Waals surface area contributed by atoms with Crippen LogP contribution in [-0.2, 0) is 9.53 Å². The van der Waals surface area contributed by atoms with Gasteiger partial charge in [-0.05, 0) is 27.7 Å². The van der Waals surface area contributed by atoms with E-state index in [-0.39, 0.29) is 18.1 Å². The van der Waals surface area contributed by atoms with Gasteiger partial charge in [-0.15, -0.1) is 0 Å². The molecule has 1 aliphatic heterocycles. The number of ether oxygens (including phenoxy) is 1. The maximum Gasteiger partial charge on any atom is 0.229 e. The van der Waals surface area contributed by atoms with Crippen LogP contribution < -0.4 is 5.73 Å². The molecule has 1 saturated heterocycles. The van der Waals surface area contributed by atoms with E-state index in [9.17, 15) is 4.79 Å². The van der Waals surface area contributed by atoms with E-state index in [1.807, 2.05) is 32.6 Å². The zero-order valence-corrected chi connectivity index (χ0v) is 10.1. The number of carbonyl (C=O) groups is 1. The molecule has 88 valence electrons. The summed E-state index contributed by atoms with van der Waals surface area (Å²) in [6.45, 7) is 9.45. The monoisotopic (exact) mass is 214 g/mol. The highest BCUT2D eigenvalue weighted by molar-refractivity contribution is 5.82. The quantitative estimate of drug-likeness (QED) is 0.732. The van der Waals surface area contributed by atoms with Crippen molar-refractivity contribution in [1.82, 2.24) is 4.90 Å². The van der Waals surface area contributed by atoms with Crippen LogP contribution in [0.15, 0.2) is 0 Å². The SMILES string of the molecule is CC1CN(C(=O)C(C)(C)CN)C(C)CO1. The summed E-state index contributed by atoms with van der Waals surface area (Å²) in [6, 6.07) is 0.152. The van der Waals surface area contributed by atoms with Crippen LogP contribution in [0.2, 0.25) is 0 Å². The van der Waals surface area contributed by atoms with Gasteiger partial charge >= 0.3 is 0 Å². The van der Waals surface area contributed by atoms with Gasteiger partial charge in [0.15, 0.2) is 0 Å². The van der Waals surface area contributed by atoms with Gasteiger partial charge in [0, 0.05) is 13.1 Å². The summed E-state index contributed by atoms with van der Waals surface area (Å²) in [4.78, 5) is 14.1. The van der Waals surface area contributed by atoms with Crippen LogP contribution in [-0.4, -0.2) is 42.6 Å². The van der Waals surface area contributed by atoms with Crippen molar-refractivity contribution in [2.45, 2.75) is 39.8 Å². The molecule has 1 rings (SSSR count). The maximum absolute atomic E-state index is 12.2. The first-order valence-electron chi connectivity index (χ1n) is 5.51. The van der Waals surface area contributed by atoms with Gasteiger partial charge in [0.05, 0.1) is 24.2 Å². The van der Waals surface area contributed by atoms with Crippen LogP contribution >= 0.6 is 0 Å². The average Bonchev–Trinajstić information content (AvgIpc) is 2.20. The molecule has 4 heteroatoms. The van der Waals surface area contributed by atoms with Gasteiger partial charge in [0.1, 0.15) is 0 Å². The first-order valence-corrected chi connectivity index (χ1v) is 5.51. The topological polar surface area (TPSA) is 55.6 Å². The average molecular weight is 214 g/mol.